The number of thiocarbonyl (C=S) groups is 1. The van der Waals surface area contributed by atoms with Crippen LogP contribution in [0.4, 0.5) is 5.69 Å². The molecule has 1 aliphatic rings. The van der Waals surface area contributed by atoms with E-state index in [1.165, 1.54) is 17.0 Å². The molecule has 1 saturated heterocycles. The maximum absolute atomic E-state index is 13.1. The van der Waals surface area contributed by atoms with Crippen LogP contribution in [0, 0.1) is 0 Å². The Kier molecular flexibility index (Phi) is 5.61. The molecule has 0 bridgehead atoms. The largest absolute Gasteiger partial charge is 0.478 e. The molecule has 4 rings (SSSR count). The second-order valence-electron chi connectivity index (χ2n) is 6.37. The van der Waals surface area contributed by atoms with E-state index in [2.05, 4.69) is 5.32 Å². The number of nitrogens with zero attached hydrogens (tertiary/aromatic N) is 1. The first-order valence-corrected chi connectivity index (χ1v) is 10.3. The normalized spacial score (nSPS) is 15.2. The number of anilines is 1. The Bertz CT molecular complexity index is 1220. The number of carboxylic acids is 1. The van der Waals surface area contributed by atoms with Gasteiger partial charge in [0, 0.05) is 4.88 Å². The molecule has 7 nitrogen and oxygen atoms in total. The van der Waals surface area contributed by atoms with E-state index in [4.69, 9.17) is 17.0 Å². The van der Waals surface area contributed by atoms with Crippen molar-refractivity contribution < 1.29 is 24.2 Å². The minimum Gasteiger partial charge on any atom is -0.478 e. The maximum atomic E-state index is 13.1. The van der Waals surface area contributed by atoms with E-state index >= 15 is 0 Å². The molecule has 0 aliphatic carbocycles. The number of thiophene rings is 1. The third-order valence-electron chi connectivity index (χ3n) is 4.38. The van der Waals surface area contributed by atoms with Gasteiger partial charge in [0.2, 0.25) is 0 Å². The third-order valence-corrected chi connectivity index (χ3v) is 5.53. The zero-order valence-corrected chi connectivity index (χ0v) is 17.4. The smallest absolute Gasteiger partial charge is 0.337 e. The summed E-state index contributed by atoms with van der Waals surface area (Å²) in [6, 6.07) is 17.3. The average Bonchev–Trinajstić information content (AvgIpc) is 3.22. The van der Waals surface area contributed by atoms with Crippen LogP contribution in [-0.4, -0.2) is 28.0 Å². The van der Waals surface area contributed by atoms with Crippen molar-refractivity contribution in [3.63, 3.8) is 0 Å². The van der Waals surface area contributed by atoms with E-state index < -0.39 is 17.8 Å². The fourth-order valence-electron chi connectivity index (χ4n) is 2.92. The van der Waals surface area contributed by atoms with Crippen LogP contribution in [0.1, 0.15) is 15.2 Å². The molecule has 31 heavy (non-hydrogen) atoms. The molecule has 2 amide bonds. The quantitative estimate of drug-likeness (QED) is 0.346. The summed E-state index contributed by atoms with van der Waals surface area (Å²) in [6.07, 6.45) is 1.27. The number of carboxylic acid groups (broad SMARTS) is 1. The first kappa shape index (κ1) is 20.5. The molecule has 2 aromatic carbocycles. The lowest BCUT2D eigenvalue weighted by Crippen LogP contribution is -2.54. The topological polar surface area (TPSA) is 95.9 Å². The van der Waals surface area contributed by atoms with Gasteiger partial charge in [-0.15, -0.1) is 11.3 Å². The zero-order chi connectivity index (χ0) is 22.0. The Labute approximate surface area is 186 Å². The van der Waals surface area contributed by atoms with Crippen LogP contribution in [0.25, 0.3) is 6.08 Å². The molecule has 9 heteroatoms. The first-order chi connectivity index (χ1) is 14.9. The van der Waals surface area contributed by atoms with Crippen molar-refractivity contribution in [3.05, 3.63) is 82.1 Å². The van der Waals surface area contributed by atoms with Gasteiger partial charge in [-0.1, -0.05) is 18.2 Å². The highest BCUT2D eigenvalue weighted by molar-refractivity contribution is 7.80. The van der Waals surface area contributed by atoms with Crippen LogP contribution in [-0.2, 0) is 9.59 Å². The lowest BCUT2D eigenvalue weighted by molar-refractivity contribution is -0.122. The van der Waals surface area contributed by atoms with Crippen LogP contribution in [0.3, 0.4) is 0 Å². The summed E-state index contributed by atoms with van der Waals surface area (Å²) >= 11 is 6.31. The molecule has 1 aromatic heterocycles. The van der Waals surface area contributed by atoms with Gasteiger partial charge in [-0.25, -0.2) is 4.79 Å². The Hall–Kier alpha value is -3.82. The molecule has 2 N–H and O–H groups in total. The van der Waals surface area contributed by atoms with Gasteiger partial charge in [0.05, 0.1) is 11.3 Å². The van der Waals surface area contributed by atoms with Crippen LogP contribution in [0.2, 0.25) is 0 Å². The van der Waals surface area contributed by atoms with Crippen molar-refractivity contribution in [2.75, 3.05) is 4.90 Å². The lowest BCUT2D eigenvalue weighted by Gasteiger charge is -2.29. The van der Waals surface area contributed by atoms with Gasteiger partial charge in [0.15, 0.2) is 5.11 Å². The molecule has 0 radical (unpaired) electrons. The Morgan fingerprint density at radius 1 is 1.03 bits per heavy atom. The summed E-state index contributed by atoms with van der Waals surface area (Å²) in [5.41, 5.74) is 0.245. The monoisotopic (exact) mass is 450 g/mol. The fraction of sp³-hybridized carbons (Fsp3) is 0. The summed E-state index contributed by atoms with van der Waals surface area (Å²) in [5.74, 6) is -1.23. The van der Waals surface area contributed by atoms with Crippen molar-refractivity contribution in [2.45, 2.75) is 0 Å². The number of para-hydroxylation sites is 1. The Balaban J connectivity index is 1.62. The summed E-state index contributed by atoms with van der Waals surface area (Å²) in [5, 5.41) is 13.3. The Morgan fingerprint density at radius 2 is 1.71 bits per heavy atom. The number of aromatic carboxylic acids is 1. The number of carbonyl (C=O) groups is 3. The van der Waals surface area contributed by atoms with Gasteiger partial charge in [0.1, 0.15) is 17.1 Å². The molecule has 0 atom stereocenters. The molecule has 1 fully saturated rings. The number of amides is 2. The highest BCUT2D eigenvalue weighted by atomic mass is 32.1. The highest BCUT2D eigenvalue weighted by Gasteiger charge is 2.35. The first-order valence-electron chi connectivity index (χ1n) is 8.99. The predicted octanol–water partition coefficient (Wildman–Crippen LogP) is 4.07. The molecule has 0 spiro atoms. The third kappa shape index (κ3) is 4.23. The van der Waals surface area contributed by atoms with Crippen LogP contribution < -0.4 is 15.0 Å². The zero-order valence-electron chi connectivity index (χ0n) is 15.8. The molecular formula is C22H14N2O5S2. The van der Waals surface area contributed by atoms with Crippen LogP contribution >= 0.6 is 23.6 Å². The molecule has 2 heterocycles. The standard InChI is InChI=1S/C22H14N2O5S2/c25-19-17(12-18-16(21(27)28)10-11-31-18)20(26)24(22(30)23-19)13-6-8-15(9-7-13)29-14-4-2-1-3-5-14/h1-12H,(H,27,28)(H,23,25,30). The van der Waals surface area contributed by atoms with Crippen LogP contribution in [0.5, 0.6) is 11.5 Å². The number of rotatable bonds is 5. The van der Waals surface area contributed by atoms with Crippen molar-refractivity contribution in [3.8, 4) is 11.5 Å². The summed E-state index contributed by atoms with van der Waals surface area (Å²) in [6.45, 7) is 0. The van der Waals surface area contributed by atoms with Gasteiger partial charge in [-0.05, 0) is 66.1 Å². The minimum absolute atomic E-state index is 0.0141. The molecule has 0 saturated carbocycles. The number of benzene rings is 2. The summed E-state index contributed by atoms with van der Waals surface area (Å²) < 4.78 is 5.75. The number of ether oxygens (including phenoxy) is 1. The molecule has 3 aromatic rings. The van der Waals surface area contributed by atoms with Crippen molar-refractivity contribution in [2.24, 2.45) is 0 Å². The second-order valence-corrected chi connectivity index (χ2v) is 7.70. The van der Waals surface area contributed by atoms with Gasteiger partial charge < -0.3 is 9.84 Å². The number of nitrogens with one attached hydrogen (secondary N) is 1. The highest BCUT2D eigenvalue weighted by Crippen LogP contribution is 2.28. The maximum Gasteiger partial charge on any atom is 0.337 e. The van der Waals surface area contributed by atoms with E-state index in [0.29, 0.717) is 22.1 Å². The molecule has 154 valence electrons. The van der Waals surface area contributed by atoms with E-state index in [9.17, 15) is 19.5 Å². The van der Waals surface area contributed by atoms with Gasteiger partial charge >= 0.3 is 5.97 Å². The van der Waals surface area contributed by atoms with Crippen molar-refractivity contribution in [1.82, 2.24) is 5.32 Å². The molecule has 0 unspecified atom stereocenters. The van der Waals surface area contributed by atoms with E-state index in [-0.39, 0.29) is 16.2 Å². The van der Waals surface area contributed by atoms with E-state index in [1.807, 2.05) is 30.3 Å². The minimum atomic E-state index is -1.14. The van der Waals surface area contributed by atoms with Gasteiger partial charge in [-0.2, -0.15) is 0 Å². The summed E-state index contributed by atoms with van der Waals surface area (Å²) in [4.78, 5) is 38.3. The number of hydrogen-bond acceptors (Lipinski definition) is 6. The molecule has 1 aliphatic heterocycles. The summed E-state index contributed by atoms with van der Waals surface area (Å²) in [7, 11) is 0. The number of hydrogen-bond donors (Lipinski definition) is 2. The van der Waals surface area contributed by atoms with E-state index in [1.54, 1.807) is 29.6 Å². The Morgan fingerprint density at radius 3 is 2.39 bits per heavy atom. The van der Waals surface area contributed by atoms with Crippen molar-refractivity contribution >= 4 is 58.2 Å². The lowest BCUT2D eigenvalue weighted by atomic mass is 10.1. The van der Waals surface area contributed by atoms with Gasteiger partial charge in [-0.3, -0.25) is 19.8 Å². The second kappa shape index (κ2) is 8.50. The van der Waals surface area contributed by atoms with Crippen LogP contribution in [0.15, 0.2) is 71.6 Å². The van der Waals surface area contributed by atoms with Crippen molar-refractivity contribution in [1.29, 1.82) is 0 Å². The molecular weight excluding hydrogens is 436 g/mol. The average molecular weight is 450 g/mol. The predicted molar refractivity (Wildman–Crippen MR) is 120 cm³/mol. The SMILES string of the molecule is O=C1NC(=S)N(c2ccc(Oc3ccccc3)cc2)C(=O)C1=Cc1sccc1C(=O)O. The van der Waals surface area contributed by atoms with Gasteiger partial charge in [0.25, 0.3) is 11.8 Å². The van der Waals surface area contributed by atoms with E-state index in [0.717, 1.165) is 11.3 Å². The number of carbonyl (C=O) groups excluding carboxylic acids is 2. The fourth-order valence-corrected chi connectivity index (χ4v) is 4.02.